The van der Waals surface area contributed by atoms with Gasteiger partial charge in [-0.1, -0.05) is 41.9 Å². The fourth-order valence-electron chi connectivity index (χ4n) is 2.28. The SMILES string of the molecule is N#CC(=Cc1ccc(Cl)cc1)C(=O)c1c[nH]c2ccccc12. The molecule has 0 unspecified atom stereocenters. The highest BCUT2D eigenvalue weighted by Crippen LogP contribution is 2.22. The van der Waals surface area contributed by atoms with Crippen LogP contribution in [0.3, 0.4) is 0 Å². The third-order valence-corrected chi connectivity index (χ3v) is 3.63. The van der Waals surface area contributed by atoms with Crippen molar-refractivity contribution in [1.29, 1.82) is 5.26 Å². The van der Waals surface area contributed by atoms with Crippen LogP contribution in [0.1, 0.15) is 15.9 Å². The topological polar surface area (TPSA) is 56.6 Å². The fourth-order valence-corrected chi connectivity index (χ4v) is 2.40. The normalized spacial score (nSPS) is 11.4. The maximum absolute atomic E-state index is 12.6. The Balaban J connectivity index is 2.02. The molecule has 0 fully saturated rings. The number of ketones is 1. The number of carbonyl (C=O) groups excluding carboxylic acids is 1. The summed E-state index contributed by atoms with van der Waals surface area (Å²) in [5.41, 5.74) is 2.22. The molecule has 0 saturated carbocycles. The molecule has 0 aliphatic heterocycles. The number of halogens is 1. The Labute approximate surface area is 132 Å². The number of fused-ring (bicyclic) bond motifs is 1. The minimum absolute atomic E-state index is 0.0899. The van der Waals surface area contributed by atoms with E-state index in [9.17, 15) is 10.1 Å². The molecule has 0 aliphatic carbocycles. The van der Waals surface area contributed by atoms with Crippen molar-refractivity contribution in [1.82, 2.24) is 4.98 Å². The van der Waals surface area contributed by atoms with Crippen molar-refractivity contribution >= 4 is 34.4 Å². The number of benzene rings is 2. The van der Waals surface area contributed by atoms with Crippen LogP contribution in [-0.4, -0.2) is 10.8 Å². The minimum Gasteiger partial charge on any atom is -0.360 e. The molecular formula is C18H11ClN2O. The van der Waals surface area contributed by atoms with Crippen molar-refractivity contribution in [2.75, 3.05) is 0 Å². The van der Waals surface area contributed by atoms with E-state index in [0.717, 1.165) is 16.5 Å². The first kappa shape index (κ1) is 14.1. The van der Waals surface area contributed by atoms with Gasteiger partial charge in [-0.3, -0.25) is 4.79 Å². The van der Waals surface area contributed by atoms with E-state index in [-0.39, 0.29) is 11.4 Å². The van der Waals surface area contributed by atoms with Crippen molar-refractivity contribution in [3.63, 3.8) is 0 Å². The predicted octanol–water partition coefficient (Wildman–Crippen LogP) is 4.61. The quantitative estimate of drug-likeness (QED) is 0.436. The summed E-state index contributed by atoms with van der Waals surface area (Å²) >= 11 is 5.83. The Morgan fingerprint density at radius 2 is 1.86 bits per heavy atom. The first-order valence-electron chi connectivity index (χ1n) is 6.67. The lowest BCUT2D eigenvalue weighted by atomic mass is 10.0. The molecule has 106 valence electrons. The summed E-state index contributed by atoms with van der Waals surface area (Å²) in [7, 11) is 0. The molecular weight excluding hydrogens is 296 g/mol. The molecule has 0 aliphatic rings. The summed E-state index contributed by atoms with van der Waals surface area (Å²) in [4.78, 5) is 15.6. The van der Waals surface area contributed by atoms with Crippen LogP contribution in [0.4, 0.5) is 0 Å². The largest absolute Gasteiger partial charge is 0.360 e. The molecule has 4 heteroatoms. The summed E-state index contributed by atoms with van der Waals surface area (Å²) in [5, 5.41) is 10.7. The number of carbonyl (C=O) groups is 1. The third-order valence-electron chi connectivity index (χ3n) is 3.38. The van der Waals surface area contributed by atoms with Crippen LogP contribution in [0.15, 0.2) is 60.3 Å². The number of allylic oxidation sites excluding steroid dienone is 1. The molecule has 3 aromatic rings. The molecule has 0 bridgehead atoms. The van der Waals surface area contributed by atoms with Crippen LogP contribution in [-0.2, 0) is 0 Å². The summed E-state index contributed by atoms with van der Waals surface area (Å²) < 4.78 is 0. The second kappa shape index (κ2) is 5.88. The number of nitriles is 1. The number of hydrogen-bond acceptors (Lipinski definition) is 2. The zero-order valence-corrected chi connectivity index (χ0v) is 12.3. The number of H-pyrrole nitrogens is 1. The third kappa shape index (κ3) is 2.65. The Kier molecular flexibility index (Phi) is 3.78. The number of para-hydroxylation sites is 1. The van der Waals surface area contributed by atoms with Crippen molar-refractivity contribution in [3.05, 3.63) is 76.5 Å². The highest BCUT2D eigenvalue weighted by Gasteiger charge is 2.16. The molecule has 0 spiro atoms. The average Bonchev–Trinajstić information content (AvgIpc) is 2.98. The molecule has 2 aromatic carbocycles. The van der Waals surface area contributed by atoms with Crippen LogP contribution in [0.2, 0.25) is 5.02 Å². The molecule has 1 heterocycles. The number of rotatable bonds is 3. The van der Waals surface area contributed by atoms with Gasteiger partial charge in [0, 0.05) is 27.7 Å². The number of aromatic nitrogens is 1. The van der Waals surface area contributed by atoms with Gasteiger partial charge in [0.25, 0.3) is 0 Å². The summed E-state index contributed by atoms with van der Waals surface area (Å²) in [6.45, 7) is 0. The molecule has 22 heavy (non-hydrogen) atoms. The Morgan fingerprint density at radius 3 is 2.59 bits per heavy atom. The van der Waals surface area contributed by atoms with Gasteiger partial charge in [-0.25, -0.2) is 0 Å². The van der Waals surface area contributed by atoms with Gasteiger partial charge in [0.05, 0.1) is 0 Å². The van der Waals surface area contributed by atoms with E-state index in [1.807, 2.05) is 30.3 Å². The van der Waals surface area contributed by atoms with Crippen LogP contribution < -0.4 is 0 Å². The van der Waals surface area contributed by atoms with E-state index >= 15 is 0 Å². The summed E-state index contributed by atoms with van der Waals surface area (Å²) in [5.74, 6) is -0.296. The van der Waals surface area contributed by atoms with Gasteiger partial charge in [-0.15, -0.1) is 0 Å². The van der Waals surface area contributed by atoms with E-state index in [2.05, 4.69) is 4.98 Å². The summed E-state index contributed by atoms with van der Waals surface area (Å²) in [6, 6.07) is 16.5. The van der Waals surface area contributed by atoms with E-state index < -0.39 is 0 Å². The van der Waals surface area contributed by atoms with E-state index in [4.69, 9.17) is 11.6 Å². The zero-order chi connectivity index (χ0) is 15.5. The van der Waals surface area contributed by atoms with Gasteiger partial charge < -0.3 is 4.98 Å². The van der Waals surface area contributed by atoms with Gasteiger partial charge in [0.1, 0.15) is 11.6 Å². The maximum atomic E-state index is 12.6. The standard InChI is InChI=1S/C18H11ClN2O/c19-14-7-5-12(6-8-14)9-13(10-20)18(22)16-11-21-17-4-2-1-3-15(16)17/h1-9,11,21H. The fraction of sp³-hybridized carbons (Fsp3) is 0. The van der Waals surface area contributed by atoms with Crippen molar-refractivity contribution in [2.24, 2.45) is 0 Å². The second-order valence-corrected chi connectivity index (χ2v) is 5.23. The van der Waals surface area contributed by atoms with Crippen LogP contribution in [0.25, 0.3) is 17.0 Å². The monoisotopic (exact) mass is 306 g/mol. The second-order valence-electron chi connectivity index (χ2n) is 4.80. The Morgan fingerprint density at radius 1 is 1.14 bits per heavy atom. The number of nitrogens with zero attached hydrogens (tertiary/aromatic N) is 1. The van der Waals surface area contributed by atoms with Crippen molar-refractivity contribution in [3.8, 4) is 6.07 Å². The van der Waals surface area contributed by atoms with Gasteiger partial charge in [-0.2, -0.15) is 5.26 Å². The van der Waals surface area contributed by atoms with Gasteiger partial charge >= 0.3 is 0 Å². The number of hydrogen-bond donors (Lipinski definition) is 1. The smallest absolute Gasteiger partial charge is 0.205 e. The molecule has 1 N–H and O–H groups in total. The number of aromatic amines is 1. The van der Waals surface area contributed by atoms with E-state index in [1.165, 1.54) is 0 Å². The van der Waals surface area contributed by atoms with Gasteiger partial charge in [0.15, 0.2) is 0 Å². The lowest BCUT2D eigenvalue weighted by molar-refractivity contribution is 0.104. The number of Topliss-reactive ketones (excluding diaryl/α,β-unsaturated/α-hetero) is 1. The Bertz CT molecular complexity index is 914. The first-order chi connectivity index (χ1) is 10.7. The van der Waals surface area contributed by atoms with Crippen molar-refractivity contribution < 1.29 is 4.79 Å². The zero-order valence-electron chi connectivity index (χ0n) is 11.5. The molecule has 0 radical (unpaired) electrons. The van der Waals surface area contributed by atoms with Crippen LogP contribution >= 0.6 is 11.6 Å². The molecule has 0 saturated heterocycles. The van der Waals surface area contributed by atoms with E-state index in [1.54, 1.807) is 36.5 Å². The molecule has 1 aromatic heterocycles. The molecule has 0 amide bonds. The van der Waals surface area contributed by atoms with Gasteiger partial charge in [0.2, 0.25) is 5.78 Å². The predicted molar refractivity (Wildman–Crippen MR) is 87.7 cm³/mol. The maximum Gasteiger partial charge on any atom is 0.205 e. The van der Waals surface area contributed by atoms with Gasteiger partial charge in [-0.05, 0) is 29.8 Å². The van der Waals surface area contributed by atoms with Crippen molar-refractivity contribution in [2.45, 2.75) is 0 Å². The van der Waals surface area contributed by atoms with E-state index in [0.29, 0.717) is 10.6 Å². The van der Waals surface area contributed by atoms with Crippen LogP contribution in [0.5, 0.6) is 0 Å². The first-order valence-corrected chi connectivity index (χ1v) is 7.05. The highest BCUT2D eigenvalue weighted by molar-refractivity contribution is 6.30. The number of nitrogens with one attached hydrogen (secondary N) is 1. The average molecular weight is 307 g/mol. The lowest BCUT2D eigenvalue weighted by Crippen LogP contribution is -2.00. The Hall–Kier alpha value is -2.83. The molecule has 3 rings (SSSR count). The van der Waals surface area contributed by atoms with Crippen LogP contribution in [0, 0.1) is 11.3 Å². The molecule has 3 nitrogen and oxygen atoms in total. The lowest BCUT2D eigenvalue weighted by Gasteiger charge is -1.99. The minimum atomic E-state index is -0.296. The molecule has 0 atom stereocenters. The summed E-state index contributed by atoms with van der Waals surface area (Å²) in [6.07, 6.45) is 3.21. The highest BCUT2D eigenvalue weighted by atomic mass is 35.5.